The third-order valence-corrected chi connectivity index (χ3v) is 6.02. The zero-order valence-electron chi connectivity index (χ0n) is 18.5. The van der Waals surface area contributed by atoms with Crippen LogP contribution in [-0.4, -0.2) is 45.5 Å². The fourth-order valence-corrected chi connectivity index (χ4v) is 4.19. The molecule has 174 valence electrons. The number of aromatic nitrogens is 3. The molecule has 0 saturated heterocycles. The Kier molecular flexibility index (Phi) is 6.14. The summed E-state index contributed by atoms with van der Waals surface area (Å²) in [5.41, 5.74) is 13.1. The Morgan fingerprint density at radius 3 is 2.67 bits per heavy atom. The smallest absolute Gasteiger partial charge is 0.267 e. The van der Waals surface area contributed by atoms with E-state index in [-0.39, 0.29) is 35.2 Å². The summed E-state index contributed by atoms with van der Waals surface area (Å²) in [6.45, 7) is 0. The van der Waals surface area contributed by atoms with E-state index in [1.807, 2.05) is 0 Å². The Morgan fingerprint density at radius 2 is 1.97 bits per heavy atom. The minimum atomic E-state index is -0.825. The fourth-order valence-electron chi connectivity index (χ4n) is 4.19. The fraction of sp³-hybridized carbons (Fsp3) is 0.364. The number of primary amides is 1. The number of rotatable bonds is 6. The highest BCUT2D eigenvalue weighted by Crippen LogP contribution is 2.30. The van der Waals surface area contributed by atoms with Crippen LogP contribution in [0.3, 0.4) is 0 Å². The Labute approximate surface area is 189 Å². The van der Waals surface area contributed by atoms with Crippen LogP contribution >= 0.6 is 0 Å². The van der Waals surface area contributed by atoms with Crippen molar-refractivity contribution in [1.82, 2.24) is 19.9 Å². The quantitative estimate of drug-likeness (QED) is 0.382. The zero-order chi connectivity index (χ0) is 23.7. The number of anilines is 3. The number of aryl methyl sites for hydroxylation is 1. The van der Waals surface area contributed by atoms with Crippen molar-refractivity contribution in [2.24, 2.45) is 18.5 Å². The third kappa shape index (κ3) is 4.31. The van der Waals surface area contributed by atoms with Crippen molar-refractivity contribution < 1.29 is 14.0 Å². The molecule has 7 N–H and O–H groups in total. The summed E-state index contributed by atoms with van der Waals surface area (Å²) in [7, 11) is 3.27. The van der Waals surface area contributed by atoms with Gasteiger partial charge in [-0.15, -0.1) is 0 Å². The van der Waals surface area contributed by atoms with Crippen molar-refractivity contribution in [3.8, 4) is 0 Å². The monoisotopic (exact) mass is 454 g/mol. The predicted molar refractivity (Wildman–Crippen MR) is 124 cm³/mol. The molecule has 4 rings (SSSR count). The summed E-state index contributed by atoms with van der Waals surface area (Å²) in [5.74, 6) is -1.69. The van der Waals surface area contributed by atoms with Gasteiger partial charge >= 0.3 is 0 Å². The van der Waals surface area contributed by atoms with Crippen molar-refractivity contribution in [3.05, 3.63) is 41.5 Å². The number of halogens is 1. The molecular formula is C22H27FN8O2. The van der Waals surface area contributed by atoms with Crippen LogP contribution in [0.15, 0.2) is 24.4 Å². The number of nitrogens with one attached hydrogen (secondary N) is 3. The highest BCUT2D eigenvalue weighted by molar-refractivity contribution is 6.03. The summed E-state index contributed by atoms with van der Waals surface area (Å²) < 4.78 is 16.4. The van der Waals surface area contributed by atoms with E-state index in [1.165, 1.54) is 0 Å². The average molecular weight is 455 g/mol. The highest BCUT2D eigenvalue weighted by Gasteiger charge is 2.25. The molecule has 0 aliphatic heterocycles. The van der Waals surface area contributed by atoms with Crippen LogP contribution in [0.1, 0.15) is 46.5 Å². The highest BCUT2D eigenvalue weighted by atomic mass is 19.1. The lowest BCUT2D eigenvalue weighted by atomic mass is 9.91. The molecule has 2 amide bonds. The molecule has 3 heterocycles. The van der Waals surface area contributed by atoms with Crippen LogP contribution in [0.4, 0.5) is 21.7 Å². The zero-order valence-corrected chi connectivity index (χ0v) is 18.5. The first-order valence-electron chi connectivity index (χ1n) is 10.8. The van der Waals surface area contributed by atoms with Gasteiger partial charge in [-0.2, -0.15) is 0 Å². The van der Waals surface area contributed by atoms with Gasteiger partial charge in [0.1, 0.15) is 17.2 Å². The molecule has 3 aromatic rings. The van der Waals surface area contributed by atoms with Gasteiger partial charge in [-0.3, -0.25) is 9.59 Å². The number of carbonyl (C=O) groups excluding carboxylic acids is 2. The molecule has 33 heavy (non-hydrogen) atoms. The summed E-state index contributed by atoms with van der Waals surface area (Å²) in [6.07, 6.45) is 5.25. The standard InChI is InChI=1S/C22H27FN8O2/c1-26-22(33)17-10-11-15(7-8-27-21(11)31(17)2)28-19-12(18(25)32)9-13(23)20(30-19)29-16-6-4-3-5-14(16)24/h7-10,14,16H,3-6,24H2,1-2H3,(H2,25,32)(H,26,33)(H2,27,28,29,30)/t14-,16?/m0/s1. The van der Waals surface area contributed by atoms with Crippen LogP contribution in [0, 0.1) is 5.82 Å². The number of nitrogens with zero attached hydrogens (tertiary/aromatic N) is 3. The maximum absolute atomic E-state index is 14.8. The first-order valence-corrected chi connectivity index (χ1v) is 10.8. The molecule has 10 nitrogen and oxygen atoms in total. The van der Waals surface area contributed by atoms with Crippen LogP contribution < -0.4 is 27.4 Å². The molecule has 1 aliphatic carbocycles. The molecule has 1 saturated carbocycles. The Balaban J connectivity index is 1.74. The molecule has 3 aromatic heterocycles. The Morgan fingerprint density at radius 1 is 1.21 bits per heavy atom. The SMILES string of the molecule is CNC(=O)c1cc2c(Nc3nc(NC4CCCC[C@@H]4N)c(F)cc3C(N)=O)ccnc2n1C. The third-order valence-electron chi connectivity index (χ3n) is 6.02. The second kappa shape index (κ2) is 9.02. The van der Waals surface area contributed by atoms with Gasteiger partial charge < -0.3 is 32.0 Å². The molecular weight excluding hydrogens is 427 g/mol. The van der Waals surface area contributed by atoms with Gasteiger partial charge in [-0.05, 0) is 31.0 Å². The van der Waals surface area contributed by atoms with Gasteiger partial charge in [0.25, 0.3) is 11.8 Å². The Bertz CT molecular complexity index is 1220. The molecule has 11 heteroatoms. The van der Waals surface area contributed by atoms with Gasteiger partial charge in [0.2, 0.25) is 0 Å². The van der Waals surface area contributed by atoms with Crippen LogP contribution in [0.5, 0.6) is 0 Å². The lowest BCUT2D eigenvalue weighted by Gasteiger charge is -2.30. The van der Waals surface area contributed by atoms with Crippen LogP contribution in [0.25, 0.3) is 11.0 Å². The number of hydrogen-bond donors (Lipinski definition) is 5. The largest absolute Gasteiger partial charge is 0.365 e. The lowest BCUT2D eigenvalue weighted by molar-refractivity contribution is 0.0954. The number of nitrogens with two attached hydrogens (primary N) is 2. The number of amides is 2. The van der Waals surface area contributed by atoms with Crippen LogP contribution in [-0.2, 0) is 7.05 Å². The van der Waals surface area contributed by atoms with Gasteiger partial charge in [0, 0.05) is 37.8 Å². The lowest BCUT2D eigenvalue weighted by Crippen LogP contribution is -2.43. The van der Waals surface area contributed by atoms with E-state index in [0.717, 1.165) is 31.7 Å². The van der Waals surface area contributed by atoms with Crippen molar-refractivity contribution in [1.29, 1.82) is 0 Å². The molecule has 1 unspecified atom stereocenters. The molecule has 0 spiro atoms. The second-order valence-electron chi connectivity index (χ2n) is 8.17. The predicted octanol–water partition coefficient (Wildman–Crippen LogP) is 1.99. The topological polar surface area (TPSA) is 153 Å². The normalized spacial score (nSPS) is 18.2. The van der Waals surface area contributed by atoms with E-state index in [1.54, 1.807) is 37.0 Å². The van der Waals surface area contributed by atoms with Crippen molar-refractivity contribution in [2.75, 3.05) is 17.7 Å². The average Bonchev–Trinajstić information content (AvgIpc) is 3.14. The molecule has 1 aliphatic rings. The van der Waals surface area contributed by atoms with Gasteiger partial charge in [0.15, 0.2) is 11.6 Å². The van der Waals surface area contributed by atoms with E-state index >= 15 is 0 Å². The second-order valence-corrected chi connectivity index (χ2v) is 8.17. The van der Waals surface area contributed by atoms with E-state index in [4.69, 9.17) is 11.5 Å². The van der Waals surface area contributed by atoms with E-state index in [0.29, 0.717) is 22.4 Å². The minimum Gasteiger partial charge on any atom is -0.365 e. The van der Waals surface area contributed by atoms with E-state index < -0.39 is 11.7 Å². The van der Waals surface area contributed by atoms with Gasteiger partial charge in [-0.25, -0.2) is 14.4 Å². The maximum Gasteiger partial charge on any atom is 0.267 e. The summed E-state index contributed by atoms with van der Waals surface area (Å²) in [6, 6.07) is 4.19. The summed E-state index contributed by atoms with van der Waals surface area (Å²) in [4.78, 5) is 32.9. The van der Waals surface area contributed by atoms with E-state index in [9.17, 15) is 14.0 Å². The molecule has 2 atom stereocenters. The number of pyridine rings is 2. The summed E-state index contributed by atoms with van der Waals surface area (Å²) in [5, 5.41) is 9.39. The molecule has 0 radical (unpaired) electrons. The van der Waals surface area contributed by atoms with E-state index in [2.05, 4.69) is 25.9 Å². The maximum atomic E-state index is 14.8. The van der Waals surface area contributed by atoms with Crippen molar-refractivity contribution in [2.45, 2.75) is 37.8 Å². The molecule has 0 bridgehead atoms. The number of fused-ring (bicyclic) bond motifs is 1. The first-order chi connectivity index (χ1) is 15.8. The van der Waals surface area contributed by atoms with Crippen molar-refractivity contribution >= 4 is 40.2 Å². The van der Waals surface area contributed by atoms with Gasteiger partial charge in [-0.1, -0.05) is 12.8 Å². The van der Waals surface area contributed by atoms with Gasteiger partial charge in [0.05, 0.1) is 11.3 Å². The number of carbonyl (C=O) groups is 2. The Hall–Kier alpha value is -3.73. The molecule has 0 aromatic carbocycles. The minimum absolute atomic E-state index is 0.00531. The van der Waals surface area contributed by atoms with Crippen LogP contribution in [0.2, 0.25) is 0 Å². The number of hydrogen-bond acceptors (Lipinski definition) is 7. The first kappa shape index (κ1) is 22.5. The summed E-state index contributed by atoms with van der Waals surface area (Å²) >= 11 is 0. The molecule has 1 fully saturated rings. The van der Waals surface area contributed by atoms with Crippen molar-refractivity contribution in [3.63, 3.8) is 0 Å².